The summed E-state index contributed by atoms with van der Waals surface area (Å²) >= 11 is 4.99. The molecule has 1 rings (SSSR count). The minimum absolute atomic E-state index is 0.194. The third kappa shape index (κ3) is 3.23. The molecule has 104 valence electrons. The molecule has 0 aliphatic carbocycles. The number of hydrogen-bond acceptors (Lipinski definition) is 3. The third-order valence-electron chi connectivity index (χ3n) is 3.36. The number of rotatable bonds is 5. The van der Waals surface area contributed by atoms with Crippen molar-refractivity contribution in [2.24, 2.45) is 11.1 Å². The standard InChI is InChI=1S/C14H20N2O2S/c1-5-14(3,12(15)19)13(17)16-10-8-9(2)6-7-11(10)18-4/h6-8H,5H2,1-4H3,(H2,15,19)(H,16,17). The highest BCUT2D eigenvalue weighted by atomic mass is 32.1. The molecular formula is C14H20N2O2S. The topological polar surface area (TPSA) is 64.3 Å². The zero-order chi connectivity index (χ0) is 14.6. The second-order valence-corrected chi connectivity index (χ2v) is 5.15. The maximum absolute atomic E-state index is 12.4. The minimum Gasteiger partial charge on any atom is -0.495 e. The molecule has 5 heteroatoms. The predicted octanol–water partition coefficient (Wildman–Crippen LogP) is 2.64. The van der Waals surface area contributed by atoms with Gasteiger partial charge in [-0.15, -0.1) is 0 Å². The van der Waals surface area contributed by atoms with Crippen molar-refractivity contribution in [3.63, 3.8) is 0 Å². The largest absolute Gasteiger partial charge is 0.495 e. The molecule has 0 aliphatic rings. The van der Waals surface area contributed by atoms with Crippen molar-refractivity contribution < 1.29 is 9.53 Å². The number of ether oxygens (including phenoxy) is 1. The molecule has 0 aliphatic heterocycles. The van der Waals surface area contributed by atoms with E-state index in [2.05, 4.69) is 5.32 Å². The van der Waals surface area contributed by atoms with Gasteiger partial charge in [-0.2, -0.15) is 0 Å². The summed E-state index contributed by atoms with van der Waals surface area (Å²) in [5.74, 6) is 0.395. The molecule has 1 unspecified atom stereocenters. The van der Waals surface area contributed by atoms with E-state index in [9.17, 15) is 4.79 Å². The number of thiocarbonyl (C=S) groups is 1. The highest BCUT2D eigenvalue weighted by molar-refractivity contribution is 7.80. The molecule has 1 aromatic carbocycles. The summed E-state index contributed by atoms with van der Waals surface area (Å²) in [4.78, 5) is 12.5. The van der Waals surface area contributed by atoms with Crippen molar-refractivity contribution in [2.45, 2.75) is 27.2 Å². The van der Waals surface area contributed by atoms with Crippen molar-refractivity contribution in [3.8, 4) is 5.75 Å². The molecule has 0 spiro atoms. The Labute approximate surface area is 119 Å². The Hall–Kier alpha value is -1.62. The van der Waals surface area contributed by atoms with Crippen molar-refractivity contribution in [1.82, 2.24) is 0 Å². The van der Waals surface area contributed by atoms with Crippen LogP contribution in [-0.4, -0.2) is 18.0 Å². The lowest BCUT2D eigenvalue weighted by molar-refractivity contribution is -0.121. The number of anilines is 1. The van der Waals surface area contributed by atoms with E-state index in [4.69, 9.17) is 22.7 Å². The number of amides is 1. The molecule has 3 N–H and O–H groups in total. The molecule has 0 saturated carbocycles. The first-order chi connectivity index (χ1) is 8.85. The molecule has 0 radical (unpaired) electrons. The average molecular weight is 280 g/mol. The molecule has 19 heavy (non-hydrogen) atoms. The number of carbonyl (C=O) groups is 1. The zero-order valence-electron chi connectivity index (χ0n) is 11.7. The fourth-order valence-corrected chi connectivity index (χ4v) is 1.86. The number of aryl methyl sites for hydroxylation is 1. The normalized spacial score (nSPS) is 13.5. The third-order valence-corrected chi connectivity index (χ3v) is 3.81. The summed E-state index contributed by atoms with van der Waals surface area (Å²) < 4.78 is 5.23. The second kappa shape index (κ2) is 6.02. The Kier molecular flexibility index (Phi) is 4.89. The van der Waals surface area contributed by atoms with E-state index in [0.29, 0.717) is 17.9 Å². The van der Waals surface area contributed by atoms with Crippen LogP contribution in [0.4, 0.5) is 5.69 Å². The van der Waals surface area contributed by atoms with Crippen molar-refractivity contribution in [3.05, 3.63) is 23.8 Å². The van der Waals surface area contributed by atoms with Gasteiger partial charge in [0.15, 0.2) is 0 Å². The first kappa shape index (κ1) is 15.4. The van der Waals surface area contributed by atoms with E-state index >= 15 is 0 Å². The van der Waals surface area contributed by atoms with Crippen LogP contribution < -0.4 is 15.8 Å². The summed E-state index contributed by atoms with van der Waals surface area (Å²) in [6, 6.07) is 5.59. The lowest BCUT2D eigenvalue weighted by Crippen LogP contribution is -2.43. The van der Waals surface area contributed by atoms with Gasteiger partial charge in [-0.3, -0.25) is 4.79 Å². The van der Waals surface area contributed by atoms with E-state index in [0.717, 1.165) is 5.56 Å². The SMILES string of the molecule is CCC(C)(C(=O)Nc1cc(C)ccc1OC)C(N)=S. The molecule has 0 saturated heterocycles. The summed E-state index contributed by atoms with van der Waals surface area (Å²) in [5, 5.41) is 2.84. The molecule has 0 heterocycles. The van der Waals surface area contributed by atoms with Gasteiger partial charge in [-0.1, -0.05) is 25.2 Å². The van der Waals surface area contributed by atoms with Gasteiger partial charge in [0.05, 0.1) is 23.2 Å². The van der Waals surface area contributed by atoms with Gasteiger partial charge < -0.3 is 15.8 Å². The van der Waals surface area contributed by atoms with E-state index in [1.165, 1.54) is 0 Å². The van der Waals surface area contributed by atoms with Crippen LogP contribution in [0.5, 0.6) is 5.75 Å². The van der Waals surface area contributed by atoms with Gasteiger partial charge >= 0.3 is 0 Å². The maximum Gasteiger partial charge on any atom is 0.237 e. The molecule has 1 atom stereocenters. The molecule has 0 aromatic heterocycles. The number of methoxy groups -OCH3 is 1. The van der Waals surface area contributed by atoms with E-state index in [-0.39, 0.29) is 10.9 Å². The smallest absolute Gasteiger partial charge is 0.237 e. The molecule has 4 nitrogen and oxygen atoms in total. The number of nitrogens with two attached hydrogens (primary N) is 1. The fourth-order valence-electron chi connectivity index (χ4n) is 1.63. The average Bonchev–Trinajstić information content (AvgIpc) is 2.37. The maximum atomic E-state index is 12.4. The molecule has 0 bridgehead atoms. The molecule has 1 aromatic rings. The Morgan fingerprint density at radius 1 is 1.53 bits per heavy atom. The number of nitrogens with one attached hydrogen (secondary N) is 1. The molecule has 1 amide bonds. The van der Waals surface area contributed by atoms with Gasteiger partial charge in [0.25, 0.3) is 0 Å². The fraction of sp³-hybridized carbons (Fsp3) is 0.429. The monoisotopic (exact) mass is 280 g/mol. The van der Waals surface area contributed by atoms with Crippen LogP contribution in [0.25, 0.3) is 0 Å². The van der Waals surface area contributed by atoms with Crippen LogP contribution in [0.1, 0.15) is 25.8 Å². The van der Waals surface area contributed by atoms with Crippen molar-refractivity contribution in [1.29, 1.82) is 0 Å². The number of carbonyl (C=O) groups excluding carboxylic acids is 1. The molecular weight excluding hydrogens is 260 g/mol. The van der Waals surface area contributed by atoms with Crippen LogP contribution in [0.2, 0.25) is 0 Å². The number of hydrogen-bond donors (Lipinski definition) is 2. The van der Waals surface area contributed by atoms with Crippen molar-refractivity contribution in [2.75, 3.05) is 12.4 Å². The molecule has 0 fully saturated rings. The Morgan fingerprint density at radius 3 is 2.63 bits per heavy atom. The van der Waals surface area contributed by atoms with Crippen molar-refractivity contribution >= 4 is 28.8 Å². The van der Waals surface area contributed by atoms with Gasteiger partial charge in [-0.25, -0.2) is 0 Å². The summed E-state index contributed by atoms with van der Waals surface area (Å²) in [7, 11) is 1.56. The zero-order valence-corrected chi connectivity index (χ0v) is 12.6. The van der Waals surface area contributed by atoms with Crippen LogP contribution in [0, 0.1) is 12.3 Å². The predicted molar refractivity (Wildman–Crippen MR) is 81.5 cm³/mol. The quantitative estimate of drug-likeness (QED) is 0.814. The Bertz CT molecular complexity index is 502. The van der Waals surface area contributed by atoms with E-state index < -0.39 is 5.41 Å². The van der Waals surface area contributed by atoms with E-state index in [1.54, 1.807) is 14.0 Å². The lowest BCUT2D eigenvalue weighted by atomic mass is 9.86. The highest BCUT2D eigenvalue weighted by Crippen LogP contribution is 2.29. The van der Waals surface area contributed by atoms with Crippen LogP contribution >= 0.6 is 12.2 Å². The van der Waals surface area contributed by atoms with Crippen LogP contribution in [0.15, 0.2) is 18.2 Å². The van der Waals surface area contributed by atoms with E-state index in [1.807, 2.05) is 32.0 Å². The summed E-state index contributed by atoms with van der Waals surface area (Å²) in [6.07, 6.45) is 0.544. The highest BCUT2D eigenvalue weighted by Gasteiger charge is 2.34. The van der Waals surface area contributed by atoms with Gasteiger partial charge in [0.2, 0.25) is 5.91 Å². The Morgan fingerprint density at radius 2 is 2.16 bits per heavy atom. The van der Waals surface area contributed by atoms with Crippen LogP contribution in [-0.2, 0) is 4.79 Å². The van der Waals surface area contributed by atoms with Crippen LogP contribution in [0.3, 0.4) is 0 Å². The van der Waals surface area contributed by atoms with Gasteiger partial charge in [-0.05, 0) is 38.0 Å². The Balaban J connectivity index is 3.05. The first-order valence-electron chi connectivity index (χ1n) is 6.11. The van der Waals surface area contributed by atoms with Gasteiger partial charge in [0, 0.05) is 0 Å². The second-order valence-electron chi connectivity index (χ2n) is 4.71. The number of benzene rings is 1. The summed E-state index contributed by atoms with van der Waals surface area (Å²) in [6.45, 7) is 5.57. The lowest BCUT2D eigenvalue weighted by Gasteiger charge is -2.26. The van der Waals surface area contributed by atoms with Gasteiger partial charge in [0.1, 0.15) is 5.75 Å². The summed E-state index contributed by atoms with van der Waals surface area (Å²) in [5.41, 5.74) is 6.48. The first-order valence-corrected chi connectivity index (χ1v) is 6.52. The minimum atomic E-state index is -0.857.